The van der Waals surface area contributed by atoms with Gasteiger partial charge in [-0.15, -0.1) is 0 Å². The quantitative estimate of drug-likeness (QED) is 0.661. The second-order valence-corrected chi connectivity index (χ2v) is 8.87. The molecule has 1 atom stereocenters. The fourth-order valence-electron chi connectivity index (χ4n) is 2.87. The Morgan fingerprint density at radius 2 is 1.79 bits per heavy atom. The molecule has 1 heterocycles. The molecule has 0 spiro atoms. The van der Waals surface area contributed by atoms with E-state index in [0.717, 1.165) is 5.56 Å². The monoisotopic (exact) mass is 414 g/mol. The molecule has 0 aliphatic rings. The molecule has 7 heteroatoms. The molecule has 28 heavy (non-hydrogen) atoms. The maximum absolute atomic E-state index is 13.2. The van der Waals surface area contributed by atoms with Crippen LogP contribution >= 0.6 is 11.6 Å². The number of hydrogen-bond acceptors (Lipinski definition) is 4. The van der Waals surface area contributed by atoms with Crippen LogP contribution < -0.4 is 5.32 Å². The van der Waals surface area contributed by atoms with Crippen LogP contribution in [0.15, 0.2) is 78.0 Å². The van der Waals surface area contributed by atoms with Crippen LogP contribution in [0, 0.1) is 6.92 Å². The van der Waals surface area contributed by atoms with Gasteiger partial charge in [0, 0.05) is 29.5 Å². The number of carbonyl (C=O) groups is 1. The van der Waals surface area contributed by atoms with Gasteiger partial charge in [-0.25, -0.2) is 8.42 Å². The van der Waals surface area contributed by atoms with Crippen LogP contribution in [0.4, 0.5) is 0 Å². The van der Waals surface area contributed by atoms with E-state index in [1.807, 2.05) is 19.1 Å². The minimum atomic E-state index is -3.77. The van der Waals surface area contributed by atoms with Gasteiger partial charge >= 0.3 is 0 Å². The van der Waals surface area contributed by atoms with Crippen molar-refractivity contribution in [2.75, 3.05) is 6.54 Å². The summed E-state index contributed by atoms with van der Waals surface area (Å²) in [6.45, 7) is 1.75. The summed E-state index contributed by atoms with van der Waals surface area (Å²) in [6, 6.07) is 16.5. The second kappa shape index (κ2) is 8.54. The maximum atomic E-state index is 13.2. The molecule has 0 fully saturated rings. The lowest BCUT2D eigenvalue weighted by Crippen LogP contribution is -2.32. The normalized spacial score (nSPS) is 12.4. The summed E-state index contributed by atoms with van der Waals surface area (Å²) in [5, 5.41) is 2.23. The van der Waals surface area contributed by atoms with E-state index in [1.54, 1.807) is 30.5 Å². The van der Waals surface area contributed by atoms with Crippen molar-refractivity contribution >= 4 is 27.3 Å². The first-order chi connectivity index (χ1) is 13.4. The smallest absolute Gasteiger partial charge is 0.251 e. The Kier molecular flexibility index (Phi) is 6.11. The highest BCUT2D eigenvalue weighted by Gasteiger charge is 2.30. The Hall–Kier alpha value is -2.70. The number of pyridine rings is 1. The van der Waals surface area contributed by atoms with Crippen molar-refractivity contribution in [2.24, 2.45) is 0 Å². The molecule has 0 bridgehead atoms. The number of benzene rings is 2. The molecule has 144 valence electrons. The fraction of sp³-hybridized carbons (Fsp3) is 0.143. The third-order valence-corrected chi connectivity index (χ3v) is 6.78. The molecular weight excluding hydrogens is 396 g/mol. The first kappa shape index (κ1) is 20.0. The van der Waals surface area contributed by atoms with Crippen molar-refractivity contribution in [3.05, 3.63) is 94.8 Å². The zero-order chi connectivity index (χ0) is 20.1. The van der Waals surface area contributed by atoms with Crippen molar-refractivity contribution < 1.29 is 13.2 Å². The zero-order valence-corrected chi connectivity index (χ0v) is 16.7. The highest BCUT2D eigenvalue weighted by atomic mass is 35.5. The van der Waals surface area contributed by atoms with Crippen LogP contribution in [-0.2, 0) is 9.84 Å². The van der Waals surface area contributed by atoms with E-state index in [4.69, 9.17) is 11.6 Å². The van der Waals surface area contributed by atoms with Crippen molar-refractivity contribution in [3.8, 4) is 0 Å². The molecule has 3 aromatic rings. The fourth-order valence-corrected chi connectivity index (χ4v) is 4.64. The number of nitrogens with one attached hydrogen (secondary N) is 1. The number of amides is 1. The van der Waals surface area contributed by atoms with Crippen molar-refractivity contribution in [3.63, 3.8) is 0 Å². The summed E-state index contributed by atoms with van der Waals surface area (Å²) < 4.78 is 26.5. The van der Waals surface area contributed by atoms with Crippen LogP contribution in [0.3, 0.4) is 0 Å². The molecule has 5 nitrogen and oxygen atoms in total. The number of halogens is 1. The van der Waals surface area contributed by atoms with Gasteiger partial charge in [-0.3, -0.25) is 9.78 Å². The summed E-state index contributed by atoms with van der Waals surface area (Å²) in [6.07, 6.45) is 3.07. The molecule has 3 rings (SSSR count). The third kappa shape index (κ3) is 4.40. The minimum absolute atomic E-state index is 0.0795. The van der Waals surface area contributed by atoms with Gasteiger partial charge in [0.1, 0.15) is 5.25 Å². The molecule has 1 unspecified atom stereocenters. The molecule has 2 aromatic carbocycles. The molecule has 1 amide bonds. The van der Waals surface area contributed by atoms with Gasteiger partial charge in [0.15, 0.2) is 9.84 Å². The number of carbonyl (C=O) groups excluding carboxylic acids is 1. The van der Waals surface area contributed by atoms with Gasteiger partial charge in [-0.2, -0.15) is 0 Å². The van der Waals surface area contributed by atoms with Crippen molar-refractivity contribution in [1.29, 1.82) is 0 Å². The molecule has 1 aromatic heterocycles. The van der Waals surface area contributed by atoms with E-state index in [2.05, 4.69) is 10.3 Å². The van der Waals surface area contributed by atoms with Crippen molar-refractivity contribution in [2.45, 2.75) is 17.1 Å². The Morgan fingerprint density at radius 3 is 2.43 bits per heavy atom. The lowest BCUT2D eigenvalue weighted by atomic mass is 10.1. The van der Waals surface area contributed by atoms with Gasteiger partial charge in [-0.1, -0.05) is 35.9 Å². The van der Waals surface area contributed by atoms with Gasteiger partial charge in [0.25, 0.3) is 5.91 Å². The van der Waals surface area contributed by atoms with Crippen molar-refractivity contribution in [1.82, 2.24) is 10.3 Å². The average Bonchev–Trinajstić information content (AvgIpc) is 2.69. The Bertz CT molecular complexity index is 1070. The summed E-state index contributed by atoms with van der Waals surface area (Å²) in [4.78, 5) is 16.7. The number of aryl methyl sites for hydroxylation is 1. The first-order valence-electron chi connectivity index (χ1n) is 8.63. The van der Waals surface area contributed by atoms with Crippen LogP contribution in [0.1, 0.15) is 26.7 Å². The zero-order valence-electron chi connectivity index (χ0n) is 15.2. The molecule has 0 saturated carbocycles. The summed E-state index contributed by atoms with van der Waals surface area (Å²) in [5.41, 5.74) is 1.83. The predicted octanol–water partition coefficient (Wildman–Crippen LogP) is 3.99. The SMILES string of the molecule is Cc1ccccc1C(=O)NCC(c1cccnc1)S(=O)(=O)c1ccc(Cl)cc1. The maximum Gasteiger partial charge on any atom is 0.251 e. The van der Waals surface area contributed by atoms with Gasteiger partial charge in [0.05, 0.1) is 4.90 Å². The topological polar surface area (TPSA) is 76.1 Å². The van der Waals surface area contributed by atoms with Crippen LogP contribution in [0.2, 0.25) is 5.02 Å². The Balaban J connectivity index is 1.91. The van der Waals surface area contributed by atoms with Crippen LogP contribution in [0.5, 0.6) is 0 Å². The molecule has 0 radical (unpaired) electrons. The Morgan fingerprint density at radius 1 is 1.07 bits per heavy atom. The summed E-state index contributed by atoms with van der Waals surface area (Å²) >= 11 is 5.88. The molecular formula is C21H19ClN2O3S. The highest BCUT2D eigenvalue weighted by Crippen LogP contribution is 2.29. The number of hydrogen-bond donors (Lipinski definition) is 1. The molecule has 0 aliphatic heterocycles. The van der Waals surface area contributed by atoms with E-state index in [-0.39, 0.29) is 17.3 Å². The van der Waals surface area contributed by atoms with E-state index in [9.17, 15) is 13.2 Å². The average molecular weight is 415 g/mol. The van der Waals surface area contributed by atoms with E-state index in [0.29, 0.717) is 16.1 Å². The van der Waals surface area contributed by atoms with E-state index < -0.39 is 15.1 Å². The minimum Gasteiger partial charge on any atom is -0.350 e. The third-order valence-electron chi connectivity index (χ3n) is 4.41. The second-order valence-electron chi connectivity index (χ2n) is 6.30. The molecule has 0 aliphatic carbocycles. The first-order valence-corrected chi connectivity index (χ1v) is 10.6. The van der Waals surface area contributed by atoms with Gasteiger partial charge in [-0.05, 0) is 54.4 Å². The van der Waals surface area contributed by atoms with E-state index >= 15 is 0 Å². The molecule has 1 N–H and O–H groups in total. The largest absolute Gasteiger partial charge is 0.350 e. The predicted molar refractivity (Wildman–Crippen MR) is 109 cm³/mol. The lowest BCUT2D eigenvalue weighted by Gasteiger charge is -2.19. The van der Waals surface area contributed by atoms with Gasteiger partial charge in [0.2, 0.25) is 0 Å². The number of rotatable bonds is 6. The van der Waals surface area contributed by atoms with Gasteiger partial charge < -0.3 is 5.32 Å². The number of nitrogens with zero attached hydrogens (tertiary/aromatic N) is 1. The number of aromatic nitrogens is 1. The molecule has 0 saturated heterocycles. The Labute approximate surface area is 169 Å². The van der Waals surface area contributed by atoms with E-state index in [1.165, 1.54) is 30.5 Å². The summed E-state index contributed by atoms with van der Waals surface area (Å²) in [5.74, 6) is -0.321. The number of sulfone groups is 1. The van der Waals surface area contributed by atoms with Crippen LogP contribution in [0.25, 0.3) is 0 Å². The summed E-state index contributed by atoms with van der Waals surface area (Å²) in [7, 11) is -3.77. The van der Waals surface area contributed by atoms with Crippen LogP contribution in [-0.4, -0.2) is 25.9 Å². The standard InChI is InChI=1S/C21H19ClN2O3S/c1-15-5-2-3-7-19(15)21(25)24-14-20(16-6-4-12-23-13-16)28(26,27)18-10-8-17(22)9-11-18/h2-13,20H,14H2,1H3,(H,24,25). The lowest BCUT2D eigenvalue weighted by molar-refractivity contribution is 0.0953. The highest BCUT2D eigenvalue weighted by molar-refractivity contribution is 7.91.